The number of rotatable bonds is 6. The van der Waals surface area contributed by atoms with E-state index in [2.05, 4.69) is 5.43 Å². The van der Waals surface area contributed by atoms with Gasteiger partial charge in [-0.2, -0.15) is 5.26 Å². The lowest BCUT2D eigenvalue weighted by Gasteiger charge is -2.11. The molecule has 8 heteroatoms. The predicted octanol–water partition coefficient (Wildman–Crippen LogP) is 1.56. The molecular formula is C17H17N3O4S. The Morgan fingerprint density at radius 1 is 1.16 bits per heavy atom. The fourth-order valence-corrected chi connectivity index (χ4v) is 2.79. The first kappa shape index (κ1) is 18.4. The average molecular weight is 359 g/mol. The molecule has 130 valence electrons. The molecule has 0 bridgehead atoms. The third-order valence-electron chi connectivity index (χ3n) is 3.32. The van der Waals surface area contributed by atoms with Crippen LogP contribution in [0.15, 0.2) is 47.4 Å². The summed E-state index contributed by atoms with van der Waals surface area (Å²) in [7, 11) is -3.93. The van der Waals surface area contributed by atoms with Gasteiger partial charge in [-0.1, -0.05) is 12.1 Å². The molecule has 2 aromatic carbocycles. The number of nitriles is 1. The number of carbonyl (C=O) groups excluding carboxylic acids is 1. The van der Waals surface area contributed by atoms with Crippen LogP contribution in [0.3, 0.4) is 0 Å². The van der Waals surface area contributed by atoms with Crippen molar-refractivity contribution >= 4 is 15.9 Å². The second-order valence-electron chi connectivity index (χ2n) is 5.35. The predicted molar refractivity (Wildman–Crippen MR) is 91.0 cm³/mol. The molecule has 0 radical (unpaired) electrons. The Hall–Kier alpha value is -2.89. The minimum atomic E-state index is -3.93. The highest BCUT2D eigenvalue weighted by atomic mass is 32.2. The minimum absolute atomic E-state index is 0.0674. The fraction of sp³-hybridized carbons (Fsp3) is 0.176. The highest BCUT2D eigenvalue weighted by Gasteiger charge is 2.15. The molecule has 2 aromatic rings. The molecule has 0 spiro atoms. The number of hydrogen-bond donors (Lipinski definition) is 2. The number of hydrogen-bond acceptors (Lipinski definition) is 5. The Kier molecular flexibility index (Phi) is 5.75. The molecule has 1 amide bonds. The second kappa shape index (κ2) is 7.79. The van der Waals surface area contributed by atoms with E-state index >= 15 is 0 Å². The summed E-state index contributed by atoms with van der Waals surface area (Å²) in [6.07, 6.45) is 0. The van der Waals surface area contributed by atoms with Crippen LogP contribution in [0, 0.1) is 25.2 Å². The van der Waals surface area contributed by atoms with Crippen LogP contribution in [-0.4, -0.2) is 20.9 Å². The molecule has 0 aliphatic rings. The summed E-state index contributed by atoms with van der Waals surface area (Å²) in [6, 6.07) is 12.8. The van der Waals surface area contributed by atoms with Gasteiger partial charge in [-0.25, -0.2) is 8.42 Å². The minimum Gasteiger partial charge on any atom is -0.483 e. The van der Waals surface area contributed by atoms with Crippen molar-refractivity contribution in [3.05, 3.63) is 59.2 Å². The molecule has 0 saturated carbocycles. The van der Waals surface area contributed by atoms with Crippen molar-refractivity contribution in [1.29, 1.82) is 5.26 Å². The highest BCUT2D eigenvalue weighted by Crippen LogP contribution is 2.18. The zero-order chi connectivity index (χ0) is 18.4. The van der Waals surface area contributed by atoms with E-state index in [0.29, 0.717) is 11.3 Å². The average Bonchev–Trinajstić information content (AvgIpc) is 2.61. The van der Waals surface area contributed by atoms with Crippen LogP contribution in [-0.2, 0) is 14.8 Å². The Labute approximate surface area is 146 Å². The standard InChI is InChI=1S/C17H17N3O4S/c1-12-3-4-13(2)16(9-12)24-11-17(21)19-20-25(22,23)15-7-5-14(10-18)6-8-15/h3-9,20H,11H2,1-2H3,(H,19,21). The molecular weight excluding hydrogens is 342 g/mol. The van der Waals surface area contributed by atoms with Crippen LogP contribution in [0.5, 0.6) is 5.75 Å². The number of carbonyl (C=O) groups is 1. The van der Waals surface area contributed by atoms with Gasteiger partial charge in [0, 0.05) is 0 Å². The molecule has 0 saturated heterocycles. The maximum absolute atomic E-state index is 12.1. The van der Waals surface area contributed by atoms with Crippen molar-refractivity contribution in [3.8, 4) is 11.8 Å². The molecule has 0 aliphatic heterocycles. The zero-order valence-corrected chi connectivity index (χ0v) is 14.6. The van der Waals surface area contributed by atoms with Crippen LogP contribution in [0.4, 0.5) is 0 Å². The highest BCUT2D eigenvalue weighted by molar-refractivity contribution is 7.89. The number of nitrogens with zero attached hydrogens (tertiary/aromatic N) is 1. The number of amides is 1. The first-order chi connectivity index (χ1) is 11.8. The molecule has 2 N–H and O–H groups in total. The summed E-state index contributed by atoms with van der Waals surface area (Å²) in [5.41, 5.74) is 4.29. The summed E-state index contributed by atoms with van der Waals surface area (Å²) >= 11 is 0. The van der Waals surface area contributed by atoms with Crippen molar-refractivity contribution in [2.24, 2.45) is 0 Å². The van der Waals surface area contributed by atoms with Crippen LogP contribution in [0.25, 0.3) is 0 Å². The molecule has 0 unspecified atom stereocenters. The molecule has 0 aromatic heterocycles. The largest absolute Gasteiger partial charge is 0.483 e. The van der Waals surface area contributed by atoms with E-state index in [4.69, 9.17) is 10.00 Å². The maximum Gasteiger partial charge on any atom is 0.272 e. The fourth-order valence-electron chi connectivity index (χ4n) is 1.93. The van der Waals surface area contributed by atoms with Gasteiger partial charge in [0.25, 0.3) is 15.9 Å². The van der Waals surface area contributed by atoms with Gasteiger partial charge in [-0.05, 0) is 55.3 Å². The van der Waals surface area contributed by atoms with Crippen molar-refractivity contribution in [2.75, 3.05) is 6.61 Å². The number of nitrogens with one attached hydrogen (secondary N) is 2. The Morgan fingerprint density at radius 2 is 1.84 bits per heavy atom. The third-order valence-corrected chi connectivity index (χ3v) is 4.58. The van der Waals surface area contributed by atoms with Gasteiger partial charge in [0.05, 0.1) is 16.5 Å². The van der Waals surface area contributed by atoms with E-state index in [1.807, 2.05) is 36.9 Å². The van der Waals surface area contributed by atoms with Gasteiger partial charge in [0.15, 0.2) is 6.61 Å². The van der Waals surface area contributed by atoms with Crippen LogP contribution < -0.4 is 15.0 Å². The molecule has 2 rings (SSSR count). The third kappa shape index (κ3) is 5.04. The molecule has 0 aliphatic carbocycles. The van der Waals surface area contributed by atoms with Crippen molar-refractivity contribution in [3.63, 3.8) is 0 Å². The van der Waals surface area contributed by atoms with E-state index in [-0.39, 0.29) is 11.5 Å². The number of sulfonamides is 1. The van der Waals surface area contributed by atoms with E-state index in [9.17, 15) is 13.2 Å². The Balaban J connectivity index is 1.92. The first-order valence-corrected chi connectivity index (χ1v) is 8.81. The van der Waals surface area contributed by atoms with E-state index < -0.39 is 15.9 Å². The monoisotopic (exact) mass is 359 g/mol. The quantitative estimate of drug-likeness (QED) is 0.761. The topological polar surface area (TPSA) is 108 Å². The van der Waals surface area contributed by atoms with E-state index in [1.54, 1.807) is 6.07 Å². The summed E-state index contributed by atoms with van der Waals surface area (Å²) < 4.78 is 29.5. The maximum atomic E-state index is 12.1. The van der Waals surface area contributed by atoms with Gasteiger partial charge >= 0.3 is 0 Å². The normalized spacial score (nSPS) is 10.8. The lowest BCUT2D eigenvalue weighted by Crippen LogP contribution is -2.43. The molecule has 0 atom stereocenters. The summed E-state index contributed by atoms with van der Waals surface area (Å²) in [5.74, 6) is -0.0803. The summed E-state index contributed by atoms with van der Waals surface area (Å²) in [4.78, 5) is 13.7. The number of aryl methyl sites for hydroxylation is 2. The smallest absolute Gasteiger partial charge is 0.272 e. The van der Waals surface area contributed by atoms with Crippen LogP contribution >= 0.6 is 0 Å². The zero-order valence-electron chi connectivity index (χ0n) is 13.7. The van der Waals surface area contributed by atoms with Gasteiger partial charge in [0.1, 0.15) is 5.75 Å². The van der Waals surface area contributed by atoms with Gasteiger partial charge in [-0.15, -0.1) is 4.83 Å². The van der Waals surface area contributed by atoms with Crippen molar-refractivity contribution in [1.82, 2.24) is 10.3 Å². The molecule has 0 fully saturated rings. The van der Waals surface area contributed by atoms with Gasteiger partial charge in [0.2, 0.25) is 0 Å². The van der Waals surface area contributed by atoms with Crippen LogP contribution in [0.1, 0.15) is 16.7 Å². The Bertz CT molecular complexity index is 916. The lowest BCUT2D eigenvalue weighted by atomic mass is 10.1. The van der Waals surface area contributed by atoms with Crippen LogP contribution in [0.2, 0.25) is 0 Å². The molecule has 25 heavy (non-hydrogen) atoms. The lowest BCUT2D eigenvalue weighted by molar-refractivity contribution is -0.123. The van der Waals surface area contributed by atoms with Crippen molar-refractivity contribution in [2.45, 2.75) is 18.7 Å². The van der Waals surface area contributed by atoms with Gasteiger partial charge < -0.3 is 4.74 Å². The Morgan fingerprint density at radius 3 is 2.48 bits per heavy atom. The van der Waals surface area contributed by atoms with Crippen molar-refractivity contribution < 1.29 is 17.9 Å². The first-order valence-electron chi connectivity index (χ1n) is 7.33. The summed E-state index contributed by atoms with van der Waals surface area (Å²) in [6.45, 7) is 3.42. The van der Waals surface area contributed by atoms with Gasteiger partial charge in [-0.3, -0.25) is 10.2 Å². The SMILES string of the molecule is Cc1ccc(C)c(OCC(=O)NNS(=O)(=O)c2ccc(C#N)cc2)c1. The molecule has 0 heterocycles. The summed E-state index contributed by atoms with van der Waals surface area (Å²) in [5, 5.41) is 8.71. The van der Waals surface area contributed by atoms with E-state index in [1.165, 1.54) is 24.3 Å². The molecule has 7 nitrogen and oxygen atoms in total. The number of hydrazine groups is 1. The second-order valence-corrected chi connectivity index (χ2v) is 7.03. The number of ether oxygens (including phenoxy) is 1. The number of benzene rings is 2. The van der Waals surface area contributed by atoms with E-state index in [0.717, 1.165) is 11.1 Å².